The van der Waals surface area contributed by atoms with Gasteiger partial charge in [-0.1, -0.05) is 144 Å². The van der Waals surface area contributed by atoms with E-state index in [0.717, 1.165) is 36.1 Å². The van der Waals surface area contributed by atoms with Gasteiger partial charge in [-0.25, -0.2) is 4.79 Å². The molecule has 1 saturated carbocycles. The zero-order valence-electron chi connectivity index (χ0n) is 61.5. The normalized spacial score (nSPS) is 20.5. The summed E-state index contributed by atoms with van der Waals surface area (Å²) in [6.45, 7) is 19.3. The van der Waals surface area contributed by atoms with E-state index >= 15 is 0 Å². The number of alkyl halides is 3. The quantitative estimate of drug-likeness (QED) is 0.0356. The molecule has 2 heterocycles. The number of aliphatic hydroxyl groups excluding tert-OH is 1. The number of aliphatic hydroxyl groups is 1. The van der Waals surface area contributed by atoms with Crippen LogP contribution in [0.2, 0.25) is 0 Å². The molecular formula is C76H118F3N7O13. The first kappa shape index (κ1) is 83.5. The summed E-state index contributed by atoms with van der Waals surface area (Å²) in [7, 11) is 6.23. The lowest BCUT2D eigenvalue weighted by Gasteiger charge is -2.41. The molecule has 2 aromatic carbocycles. The summed E-state index contributed by atoms with van der Waals surface area (Å²) < 4.78 is 61.8. The number of nitrogens with one attached hydrogen (secondary N) is 2. The van der Waals surface area contributed by atoms with Gasteiger partial charge in [-0.2, -0.15) is 13.2 Å². The van der Waals surface area contributed by atoms with Crippen molar-refractivity contribution in [3.05, 3.63) is 65.7 Å². The summed E-state index contributed by atoms with van der Waals surface area (Å²) in [4.78, 5) is 130. The Morgan fingerprint density at radius 2 is 1.34 bits per heavy atom. The molecule has 99 heavy (non-hydrogen) atoms. The second-order valence-corrected chi connectivity index (χ2v) is 29.7. The number of imide groups is 1. The highest BCUT2D eigenvalue weighted by molar-refractivity contribution is 6.02. The molecule has 2 aromatic rings. The summed E-state index contributed by atoms with van der Waals surface area (Å²) in [5, 5.41) is 16.6. The summed E-state index contributed by atoms with van der Waals surface area (Å²) >= 11 is 0. The maximum absolute atomic E-state index is 14.9. The number of nitrogens with zero attached hydrogens (tertiary/aromatic N) is 4. The van der Waals surface area contributed by atoms with Gasteiger partial charge in [0, 0.05) is 96.9 Å². The molecule has 5 rings (SSSR count). The second kappa shape index (κ2) is 39.9. The summed E-state index contributed by atoms with van der Waals surface area (Å²) in [6, 6.07) is 10.6. The van der Waals surface area contributed by atoms with Gasteiger partial charge in [0.05, 0.1) is 48.9 Å². The van der Waals surface area contributed by atoms with E-state index in [1.165, 1.54) is 19.1 Å². The number of likely N-dealkylation sites (tertiary alicyclic amines) is 2. The number of carbonyl (C=O) groups excluding carboxylic acids is 9. The largest absolute Gasteiger partial charge is 0.445 e. The number of benzene rings is 2. The molecule has 3 fully saturated rings. The van der Waals surface area contributed by atoms with Crippen molar-refractivity contribution in [1.82, 2.24) is 24.9 Å². The molecule has 0 bridgehead atoms. The molecule has 13 atom stereocenters. The van der Waals surface area contributed by atoms with Gasteiger partial charge >= 0.3 is 12.3 Å². The average molecular weight is 1390 g/mol. The number of ether oxygens (including phenoxy) is 3. The first-order valence-corrected chi connectivity index (χ1v) is 36.4. The van der Waals surface area contributed by atoms with Gasteiger partial charge in [0.25, 0.3) is 0 Å². The number of anilines is 1. The van der Waals surface area contributed by atoms with Gasteiger partial charge in [0.15, 0.2) is 11.6 Å². The number of hydrogen-bond donors (Lipinski definition) is 4. The molecular weight excluding hydrogens is 1280 g/mol. The summed E-state index contributed by atoms with van der Waals surface area (Å²) in [5.74, 6) is -5.98. The maximum Gasteiger partial charge on any atom is 0.410 e. The third-order valence-electron chi connectivity index (χ3n) is 21.4. The van der Waals surface area contributed by atoms with Gasteiger partial charge in [-0.15, -0.1) is 0 Å². The molecule has 20 nitrogen and oxygen atoms in total. The summed E-state index contributed by atoms with van der Waals surface area (Å²) in [5.41, 5.74) is 7.65. The van der Waals surface area contributed by atoms with Gasteiger partial charge in [-0.3, -0.25) is 48.6 Å². The lowest BCUT2D eigenvalue weighted by Crippen LogP contribution is -2.54. The van der Waals surface area contributed by atoms with Crippen LogP contribution in [0.5, 0.6) is 0 Å². The topological polar surface area (TPSA) is 265 Å². The maximum atomic E-state index is 14.9. The van der Waals surface area contributed by atoms with Crippen LogP contribution in [-0.4, -0.2) is 174 Å². The summed E-state index contributed by atoms with van der Waals surface area (Å²) in [6.07, 6.45) is -1.59. The minimum Gasteiger partial charge on any atom is -0.445 e. The molecule has 0 radical (unpaired) electrons. The van der Waals surface area contributed by atoms with Crippen molar-refractivity contribution in [2.45, 2.75) is 246 Å². The number of hydrogen-bond acceptors (Lipinski definition) is 15. The van der Waals surface area contributed by atoms with E-state index in [0.29, 0.717) is 68.8 Å². The fourth-order valence-corrected chi connectivity index (χ4v) is 15.1. The van der Waals surface area contributed by atoms with Crippen LogP contribution in [0, 0.1) is 59.2 Å². The molecule has 2 saturated heterocycles. The van der Waals surface area contributed by atoms with Crippen LogP contribution in [0.4, 0.5) is 23.7 Å². The Kier molecular flexibility index (Phi) is 33.7. The second-order valence-electron chi connectivity index (χ2n) is 29.7. The third kappa shape index (κ3) is 24.0. The predicted molar refractivity (Wildman–Crippen MR) is 374 cm³/mol. The SMILES string of the molecule is CC[C@H](C)[C@@H]([C@@H](CC(=O)N1CCC[C@H]1[C@H](OC)[C@@H](C)C(=O)C[C@H](C)[C@@H](O)c1ccccc1)OC)N(C)C(=O)[C@@H](CC(=O)[C@H](C(C)C)N(C)C(=O)OCc1ccc(NC(=O)[C@@H](CC(=O)[C@@H](N[C@@H](CCCCCN2C(=O)CCC2=O)C(F)(F)F)C(C)C)CC2CCC(CN)CC2)cc1)C(C)C. The van der Waals surface area contributed by atoms with E-state index in [4.69, 9.17) is 19.9 Å². The van der Waals surface area contributed by atoms with E-state index in [2.05, 4.69) is 10.6 Å². The molecule has 3 aliphatic rings. The van der Waals surface area contributed by atoms with E-state index in [-0.39, 0.29) is 129 Å². The molecule has 5 N–H and O–H groups in total. The number of methoxy groups -OCH3 is 2. The highest BCUT2D eigenvalue weighted by Crippen LogP contribution is 2.37. The Morgan fingerprint density at radius 3 is 1.90 bits per heavy atom. The Labute approximate surface area is 586 Å². The number of rotatable bonds is 41. The van der Waals surface area contributed by atoms with Crippen LogP contribution in [0.3, 0.4) is 0 Å². The Bertz CT molecular complexity index is 2910. The van der Waals surface area contributed by atoms with Crippen LogP contribution in [0.15, 0.2) is 54.6 Å². The van der Waals surface area contributed by atoms with E-state index in [9.17, 15) is 61.4 Å². The molecule has 1 aliphatic carbocycles. The number of Topliss-reactive ketones (excluding diaryl/α,β-unsaturated/α-hetero) is 3. The fraction of sp³-hybridized carbons (Fsp3) is 0.724. The number of nitrogens with two attached hydrogens (primary N) is 1. The van der Waals surface area contributed by atoms with Crippen LogP contribution in [-0.2, 0) is 59.2 Å². The van der Waals surface area contributed by atoms with Crippen LogP contribution in [0.25, 0.3) is 0 Å². The van der Waals surface area contributed by atoms with E-state index < -0.39 is 96.2 Å². The fourth-order valence-electron chi connectivity index (χ4n) is 15.1. The predicted octanol–water partition coefficient (Wildman–Crippen LogP) is 11.7. The highest BCUT2D eigenvalue weighted by atomic mass is 19.4. The zero-order valence-corrected chi connectivity index (χ0v) is 61.5. The van der Waals surface area contributed by atoms with Gasteiger partial charge in [0.2, 0.25) is 29.5 Å². The molecule has 556 valence electrons. The monoisotopic (exact) mass is 1390 g/mol. The first-order chi connectivity index (χ1) is 46.8. The number of likely N-dealkylation sites (N-methyl/N-ethyl adjacent to an activating group) is 2. The van der Waals surface area contributed by atoms with Crippen molar-refractivity contribution in [2.75, 3.05) is 53.3 Å². The molecule has 2 aliphatic heterocycles. The molecule has 0 aromatic heterocycles. The van der Waals surface area contributed by atoms with Gasteiger partial charge in [-0.05, 0) is 116 Å². The van der Waals surface area contributed by atoms with E-state index in [1.807, 2.05) is 85.7 Å². The van der Waals surface area contributed by atoms with Gasteiger partial charge < -0.3 is 45.1 Å². The average Bonchev–Trinajstić information content (AvgIpc) is 1.79. The number of amides is 6. The van der Waals surface area contributed by atoms with Crippen LogP contribution < -0.4 is 16.4 Å². The van der Waals surface area contributed by atoms with Crippen LogP contribution >= 0.6 is 0 Å². The first-order valence-electron chi connectivity index (χ1n) is 36.4. The Hall–Kier alpha value is -6.14. The molecule has 0 spiro atoms. The van der Waals surface area contributed by atoms with Crippen molar-refractivity contribution in [2.24, 2.45) is 64.9 Å². The Morgan fingerprint density at radius 1 is 0.717 bits per heavy atom. The number of carbonyl (C=O) groups is 9. The minimum atomic E-state index is -4.68. The third-order valence-corrected chi connectivity index (χ3v) is 21.4. The van der Waals surface area contributed by atoms with Crippen LogP contribution in [0.1, 0.15) is 202 Å². The highest BCUT2D eigenvalue weighted by Gasteiger charge is 2.46. The molecule has 23 heteroatoms. The van der Waals surface area contributed by atoms with Crippen molar-refractivity contribution in [3.8, 4) is 0 Å². The lowest BCUT2D eigenvalue weighted by molar-refractivity contribution is -0.161. The number of ketones is 3. The lowest BCUT2D eigenvalue weighted by atomic mass is 9.76. The van der Waals surface area contributed by atoms with E-state index in [1.54, 1.807) is 62.1 Å². The van der Waals surface area contributed by atoms with Crippen molar-refractivity contribution < 1.29 is 75.6 Å². The number of halogens is 3. The van der Waals surface area contributed by atoms with Crippen molar-refractivity contribution >= 4 is 58.7 Å². The zero-order chi connectivity index (χ0) is 73.6. The minimum absolute atomic E-state index is 0.0599. The Balaban J connectivity index is 1.21. The number of unbranched alkanes of at least 4 members (excludes halogenated alkanes) is 2. The van der Waals surface area contributed by atoms with Crippen molar-refractivity contribution in [3.63, 3.8) is 0 Å². The van der Waals surface area contributed by atoms with Gasteiger partial charge in [0.1, 0.15) is 18.4 Å². The van der Waals surface area contributed by atoms with Crippen molar-refractivity contribution in [1.29, 1.82) is 0 Å². The molecule has 0 unspecified atom stereocenters. The standard InChI is InChI=1S/C76H118F3N7O13/c1-15-49(8)70(63(97-13)43-67(92)85-38-22-25-59(85)72(98-14)51(10)60(87)39-50(9)71(93)55-23-18-16-19-24-55)83(11)74(95)58(46(2)3)42-62(89)69(48(6)7)84(12)75(96)99-45-54-31-33-57(34-32-54)81-73(94)56(40-52-27-29-53(44-80)30-28-52)41-61(88)68(47(4)5)82-64(76(77,78)79)26-20-17-21-37-86-65(90)35-36-66(86)91/h16,18-19,23-24,31-34,46-53,56,58-59,63-64,68-72,82,93H,15,17,20-22,25-30,35-45,80H2,1-14H3,(H,81,94)/t49-,50-,51-,52?,53?,56+,58-,59-,63+,64-,68-,69-,70-,71+,72+/m0/s1. The molecule has 6 amide bonds. The smallest absolute Gasteiger partial charge is 0.410 e.